The SMILES string of the molecule is CC(Cc1ccccc1)C(=O)NCC(C)(O)C(C)C. The zero-order valence-electron chi connectivity index (χ0n) is 12.3. The van der Waals surface area contributed by atoms with Crippen LogP contribution in [0.5, 0.6) is 0 Å². The number of hydrogen-bond acceptors (Lipinski definition) is 2. The molecule has 1 aromatic carbocycles. The molecule has 1 aromatic rings. The van der Waals surface area contributed by atoms with Gasteiger partial charge < -0.3 is 10.4 Å². The first-order chi connectivity index (χ1) is 8.83. The summed E-state index contributed by atoms with van der Waals surface area (Å²) < 4.78 is 0. The van der Waals surface area contributed by atoms with Crippen LogP contribution < -0.4 is 5.32 Å². The predicted molar refractivity (Wildman–Crippen MR) is 77.8 cm³/mol. The molecule has 106 valence electrons. The molecule has 0 aliphatic carbocycles. The van der Waals surface area contributed by atoms with Crippen LogP contribution in [0.4, 0.5) is 0 Å². The third-order valence-corrected chi connectivity index (χ3v) is 3.70. The summed E-state index contributed by atoms with van der Waals surface area (Å²) in [7, 11) is 0. The number of carbonyl (C=O) groups excluding carboxylic acids is 1. The van der Waals surface area contributed by atoms with E-state index in [1.165, 1.54) is 0 Å². The van der Waals surface area contributed by atoms with E-state index in [4.69, 9.17) is 0 Å². The molecule has 0 spiro atoms. The van der Waals surface area contributed by atoms with Crippen molar-refractivity contribution in [1.29, 1.82) is 0 Å². The molecule has 0 saturated carbocycles. The Hall–Kier alpha value is -1.35. The van der Waals surface area contributed by atoms with E-state index in [0.717, 1.165) is 12.0 Å². The van der Waals surface area contributed by atoms with Gasteiger partial charge >= 0.3 is 0 Å². The highest BCUT2D eigenvalue weighted by molar-refractivity contribution is 5.78. The molecule has 0 aromatic heterocycles. The van der Waals surface area contributed by atoms with Crippen LogP contribution in [0.1, 0.15) is 33.3 Å². The Morgan fingerprint density at radius 2 is 1.84 bits per heavy atom. The topological polar surface area (TPSA) is 49.3 Å². The summed E-state index contributed by atoms with van der Waals surface area (Å²) in [6, 6.07) is 9.96. The van der Waals surface area contributed by atoms with Gasteiger partial charge in [0.15, 0.2) is 0 Å². The van der Waals surface area contributed by atoms with E-state index in [1.807, 2.05) is 51.1 Å². The summed E-state index contributed by atoms with van der Waals surface area (Å²) in [4.78, 5) is 12.0. The molecule has 0 aliphatic rings. The van der Waals surface area contributed by atoms with Gasteiger partial charge in [-0.05, 0) is 24.8 Å². The number of benzene rings is 1. The highest BCUT2D eigenvalue weighted by atomic mass is 16.3. The molecule has 1 rings (SSSR count). The molecular weight excluding hydrogens is 238 g/mol. The summed E-state index contributed by atoms with van der Waals surface area (Å²) >= 11 is 0. The van der Waals surface area contributed by atoms with Crippen molar-refractivity contribution in [2.45, 2.75) is 39.7 Å². The molecule has 0 radical (unpaired) electrons. The summed E-state index contributed by atoms with van der Waals surface area (Å²) in [5, 5.41) is 12.9. The predicted octanol–water partition coefficient (Wildman–Crippen LogP) is 2.39. The maximum Gasteiger partial charge on any atom is 0.223 e. The maximum atomic E-state index is 12.0. The minimum atomic E-state index is -0.859. The van der Waals surface area contributed by atoms with Crippen LogP contribution in [-0.4, -0.2) is 23.2 Å². The minimum Gasteiger partial charge on any atom is -0.388 e. The second-order valence-corrected chi connectivity index (χ2v) is 5.82. The first-order valence-corrected chi connectivity index (χ1v) is 6.87. The van der Waals surface area contributed by atoms with Gasteiger partial charge in [0.05, 0.1) is 5.60 Å². The molecule has 0 fully saturated rings. The number of rotatable bonds is 6. The Bertz CT molecular complexity index is 398. The fraction of sp³-hybridized carbons (Fsp3) is 0.562. The van der Waals surface area contributed by atoms with E-state index in [0.29, 0.717) is 6.54 Å². The molecule has 0 bridgehead atoms. The third kappa shape index (κ3) is 5.03. The van der Waals surface area contributed by atoms with E-state index >= 15 is 0 Å². The fourth-order valence-corrected chi connectivity index (χ4v) is 1.70. The average Bonchev–Trinajstić information content (AvgIpc) is 2.37. The van der Waals surface area contributed by atoms with Gasteiger partial charge in [0.2, 0.25) is 5.91 Å². The quantitative estimate of drug-likeness (QED) is 0.828. The van der Waals surface area contributed by atoms with Gasteiger partial charge in [-0.1, -0.05) is 51.1 Å². The van der Waals surface area contributed by atoms with Gasteiger partial charge in [-0.15, -0.1) is 0 Å². The molecular formula is C16H25NO2. The molecule has 0 aliphatic heterocycles. The van der Waals surface area contributed by atoms with Gasteiger partial charge in [0.1, 0.15) is 0 Å². The monoisotopic (exact) mass is 263 g/mol. The lowest BCUT2D eigenvalue weighted by Gasteiger charge is -2.28. The van der Waals surface area contributed by atoms with Crippen LogP contribution in [0.15, 0.2) is 30.3 Å². The molecule has 19 heavy (non-hydrogen) atoms. The molecule has 0 saturated heterocycles. The summed E-state index contributed by atoms with van der Waals surface area (Å²) in [5.41, 5.74) is 0.294. The number of hydrogen-bond donors (Lipinski definition) is 2. The van der Waals surface area contributed by atoms with Gasteiger partial charge in [0.25, 0.3) is 0 Å². The zero-order valence-corrected chi connectivity index (χ0v) is 12.3. The normalized spacial score (nSPS) is 15.9. The van der Waals surface area contributed by atoms with Crippen LogP contribution in [0.3, 0.4) is 0 Å². The van der Waals surface area contributed by atoms with Crippen LogP contribution >= 0.6 is 0 Å². The Morgan fingerprint density at radius 3 is 2.37 bits per heavy atom. The third-order valence-electron chi connectivity index (χ3n) is 3.70. The second kappa shape index (κ2) is 6.71. The lowest BCUT2D eigenvalue weighted by Crippen LogP contribution is -2.45. The van der Waals surface area contributed by atoms with E-state index in [9.17, 15) is 9.90 Å². The maximum absolute atomic E-state index is 12.0. The van der Waals surface area contributed by atoms with Gasteiger partial charge in [-0.25, -0.2) is 0 Å². The number of amides is 1. The van der Waals surface area contributed by atoms with Crippen molar-refractivity contribution in [1.82, 2.24) is 5.32 Å². The Balaban J connectivity index is 2.46. The molecule has 3 heteroatoms. The molecule has 1 amide bonds. The first-order valence-electron chi connectivity index (χ1n) is 6.87. The number of nitrogens with one attached hydrogen (secondary N) is 1. The van der Waals surface area contributed by atoms with Crippen molar-refractivity contribution in [3.05, 3.63) is 35.9 Å². The minimum absolute atomic E-state index is 0.00946. The fourth-order valence-electron chi connectivity index (χ4n) is 1.70. The molecule has 3 nitrogen and oxygen atoms in total. The van der Waals surface area contributed by atoms with E-state index in [-0.39, 0.29) is 17.7 Å². The molecule has 0 heterocycles. The molecule has 2 N–H and O–H groups in total. The van der Waals surface area contributed by atoms with Gasteiger partial charge in [-0.2, -0.15) is 0 Å². The zero-order chi connectivity index (χ0) is 14.5. The van der Waals surface area contributed by atoms with Crippen molar-refractivity contribution in [3.8, 4) is 0 Å². The lowest BCUT2D eigenvalue weighted by molar-refractivity contribution is -0.126. The average molecular weight is 263 g/mol. The Labute approximate surface area is 116 Å². The van der Waals surface area contributed by atoms with Crippen LogP contribution in [-0.2, 0) is 11.2 Å². The van der Waals surface area contributed by atoms with Gasteiger partial charge in [-0.3, -0.25) is 4.79 Å². The molecule has 2 atom stereocenters. The van der Waals surface area contributed by atoms with Crippen LogP contribution in [0.2, 0.25) is 0 Å². The van der Waals surface area contributed by atoms with Crippen LogP contribution in [0.25, 0.3) is 0 Å². The summed E-state index contributed by atoms with van der Waals surface area (Å²) in [6.07, 6.45) is 0.719. The summed E-state index contributed by atoms with van der Waals surface area (Å²) in [6.45, 7) is 7.84. The van der Waals surface area contributed by atoms with E-state index < -0.39 is 5.60 Å². The van der Waals surface area contributed by atoms with E-state index in [1.54, 1.807) is 6.92 Å². The number of carbonyl (C=O) groups is 1. The van der Waals surface area contributed by atoms with Crippen LogP contribution in [0, 0.1) is 11.8 Å². The second-order valence-electron chi connectivity index (χ2n) is 5.82. The largest absolute Gasteiger partial charge is 0.388 e. The Kier molecular flexibility index (Phi) is 5.55. The van der Waals surface area contributed by atoms with Gasteiger partial charge in [0, 0.05) is 12.5 Å². The van der Waals surface area contributed by atoms with E-state index in [2.05, 4.69) is 5.32 Å². The lowest BCUT2D eigenvalue weighted by atomic mass is 9.92. The molecule has 2 unspecified atom stereocenters. The van der Waals surface area contributed by atoms with Crippen molar-refractivity contribution in [2.75, 3.05) is 6.54 Å². The standard InChI is InChI=1S/C16H25NO2/c1-12(2)16(4,19)11-17-15(18)13(3)10-14-8-6-5-7-9-14/h5-9,12-13,19H,10-11H2,1-4H3,(H,17,18). The Morgan fingerprint density at radius 1 is 1.26 bits per heavy atom. The summed E-state index contributed by atoms with van der Waals surface area (Å²) in [5.74, 6) is 0.00682. The smallest absolute Gasteiger partial charge is 0.223 e. The van der Waals surface area contributed by atoms with Crippen molar-refractivity contribution in [3.63, 3.8) is 0 Å². The van der Waals surface area contributed by atoms with Crippen molar-refractivity contribution in [2.24, 2.45) is 11.8 Å². The highest BCUT2D eigenvalue weighted by Crippen LogP contribution is 2.15. The van der Waals surface area contributed by atoms with Crippen molar-refractivity contribution < 1.29 is 9.90 Å². The first kappa shape index (κ1) is 15.7. The number of aliphatic hydroxyl groups is 1. The van der Waals surface area contributed by atoms with Crippen molar-refractivity contribution >= 4 is 5.91 Å². The highest BCUT2D eigenvalue weighted by Gasteiger charge is 2.26.